The monoisotopic (exact) mass is 286 g/mol. The Hall–Kier alpha value is -0.380. The third kappa shape index (κ3) is 5.10. The summed E-state index contributed by atoms with van der Waals surface area (Å²) in [6, 6.07) is 8.01. The first-order valence-electron chi connectivity index (χ1n) is 5.73. The molecule has 0 radical (unpaired) electrons. The molecule has 1 atom stereocenters. The van der Waals surface area contributed by atoms with Crippen molar-refractivity contribution in [1.29, 1.82) is 0 Å². The highest BCUT2D eigenvalue weighted by atomic mass is 79.9. The quantitative estimate of drug-likeness (QED) is 0.781. The largest absolute Gasteiger partial charge is 0.393 e. The lowest BCUT2D eigenvalue weighted by Gasteiger charge is -2.11. The van der Waals surface area contributed by atoms with Gasteiger partial charge >= 0.3 is 0 Å². The Bertz CT molecular complexity index is 302. The zero-order valence-corrected chi connectivity index (χ0v) is 11.2. The van der Waals surface area contributed by atoms with Crippen LogP contribution in [0.1, 0.15) is 25.3 Å². The predicted molar refractivity (Wildman–Crippen MR) is 69.6 cm³/mol. The van der Waals surface area contributed by atoms with Crippen LogP contribution < -0.4 is 0 Å². The maximum atomic E-state index is 9.85. The third-order valence-electron chi connectivity index (χ3n) is 2.44. The van der Waals surface area contributed by atoms with E-state index in [2.05, 4.69) is 15.9 Å². The number of ether oxygens (including phenoxy) is 1. The molecule has 0 saturated heterocycles. The van der Waals surface area contributed by atoms with Crippen LogP contribution in [0.15, 0.2) is 28.7 Å². The first kappa shape index (κ1) is 13.7. The van der Waals surface area contributed by atoms with Gasteiger partial charge in [-0.15, -0.1) is 0 Å². The summed E-state index contributed by atoms with van der Waals surface area (Å²) < 4.78 is 6.31. The molecule has 2 nitrogen and oxygen atoms in total. The summed E-state index contributed by atoms with van der Waals surface area (Å²) in [6.45, 7) is 3.47. The van der Waals surface area contributed by atoms with Crippen molar-refractivity contribution in [2.75, 3.05) is 13.2 Å². The van der Waals surface area contributed by atoms with Crippen molar-refractivity contribution >= 4 is 15.9 Å². The van der Waals surface area contributed by atoms with E-state index in [0.29, 0.717) is 6.42 Å². The van der Waals surface area contributed by atoms with Gasteiger partial charge in [0.2, 0.25) is 0 Å². The van der Waals surface area contributed by atoms with E-state index in [9.17, 15) is 5.11 Å². The number of benzene rings is 1. The summed E-state index contributed by atoms with van der Waals surface area (Å²) in [4.78, 5) is 0. The van der Waals surface area contributed by atoms with E-state index in [0.717, 1.165) is 36.1 Å². The van der Waals surface area contributed by atoms with Crippen molar-refractivity contribution in [3.63, 3.8) is 0 Å². The maximum absolute atomic E-state index is 9.85. The van der Waals surface area contributed by atoms with Crippen LogP contribution in [0, 0.1) is 0 Å². The Morgan fingerprint density at radius 3 is 2.81 bits per heavy atom. The van der Waals surface area contributed by atoms with E-state index in [1.165, 1.54) is 0 Å². The molecule has 0 aliphatic rings. The minimum atomic E-state index is -0.279. The van der Waals surface area contributed by atoms with Crippen LogP contribution >= 0.6 is 15.9 Å². The molecule has 0 amide bonds. The zero-order chi connectivity index (χ0) is 11.8. The molecule has 0 saturated carbocycles. The van der Waals surface area contributed by atoms with E-state index < -0.39 is 0 Å². The van der Waals surface area contributed by atoms with E-state index in [1.54, 1.807) is 0 Å². The number of rotatable bonds is 7. The second kappa shape index (κ2) is 7.82. The molecule has 1 unspecified atom stereocenters. The van der Waals surface area contributed by atoms with Gasteiger partial charge in [-0.2, -0.15) is 0 Å². The van der Waals surface area contributed by atoms with Crippen molar-refractivity contribution in [2.45, 2.75) is 32.3 Å². The van der Waals surface area contributed by atoms with Gasteiger partial charge in [0.25, 0.3) is 0 Å². The van der Waals surface area contributed by atoms with Crippen LogP contribution in [0.25, 0.3) is 0 Å². The van der Waals surface area contributed by atoms with Crippen LogP contribution in [0.5, 0.6) is 0 Å². The number of aliphatic hydroxyl groups is 1. The number of halogens is 1. The Labute approximate surface area is 106 Å². The molecule has 1 N–H and O–H groups in total. The lowest BCUT2D eigenvalue weighted by atomic mass is 10.0. The van der Waals surface area contributed by atoms with Crippen LogP contribution in [0.4, 0.5) is 0 Å². The standard InChI is InChI=1S/C13H19BrO2/c1-2-16-9-5-7-12(15)10-11-6-3-4-8-13(11)14/h3-4,6,8,12,15H,2,5,7,9-10H2,1H3. The lowest BCUT2D eigenvalue weighted by Crippen LogP contribution is -2.12. The highest BCUT2D eigenvalue weighted by Gasteiger charge is 2.07. The molecular formula is C13H19BrO2. The molecule has 16 heavy (non-hydrogen) atoms. The second-order valence-electron chi connectivity index (χ2n) is 3.79. The summed E-state index contributed by atoms with van der Waals surface area (Å²) in [6.07, 6.45) is 2.13. The first-order valence-corrected chi connectivity index (χ1v) is 6.52. The molecule has 3 heteroatoms. The van der Waals surface area contributed by atoms with Crippen LogP contribution in [0.3, 0.4) is 0 Å². The molecule has 0 aliphatic carbocycles. The Kier molecular flexibility index (Phi) is 6.69. The molecule has 0 aliphatic heterocycles. The average molecular weight is 287 g/mol. The van der Waals surface area contributed by atoms with Crippen molar-refractivity contribution in [3.8, 4) is 0 Å². The van der Waals surface area contributed by atoms with Crippen LogP contribution in [-0.4, -0.2) is 24.4 Å². The van der Waals surface area contributed by atoms with Crippen molar-refractivity contribution in [3.05, 3.63) is 34.3 Å². The number of hydrogen-bond donors (Lipinski definition) is 1. The van der Waals surface area contributed by atoms with Gasteiger partial charge in [-0.05, 0) is 37.8 Å². The summed E-state index contributed by atoms with van der Waals surface area (Å²) >= 11 is 3.48. The lowest BCUT2D eigenvalue weighted by molar-refractivity contribution is 0.114. The fraction of sp³-hybridized carbons (Fsp3) is 0.538. The smallest absolute Gasteiger partial charge is 0.0581 e. The molecule has 0 heterocycles. The Morgan fingerprint density at radius 2 is 2.12 bits per heavy atom. The topological polar surface area (TPSA) is 29.5 Å². The minimum absolute atomic E-state index is 0.279. The summed E-state index contributed by atoms with van der Waals surface area (Å²) in [5.74, 6) is 0. The van der Waals surface area contributed by atoms with Gasteiger partial charge in [0.05, 0.1) is 6.10 Å². The van der Waals surface area contributed by atoms with E-state index >= 15 is 0 Å². The fourth-order valence-corrected chi connectivity index (χ4v) is 2.03. The van der Waals surface area contributed by atoms with Gasteiger partial charge < -0.3 is 9.84 Å². The molecule has 0 bridgehead atoms. The molecule has 1 aromatic rings. The van der Waals surface area contributed by atoms with Gasteiger partial charge in [-0.1, -0.05) is 34.1 Å². The number of hydrogen-bond acceptors (Lipinski definition) is 2. The Balaban J connectivity index is 2.28. The summed E-state index contributed by atoms with van der Waals surface area (Å²) in [5, 5.41) is 9.85. The third-order valence-corrected chi connectivity index (χ3v) is 3.22. The summed E-state index contributed by atoms with van der Waals surface area (Å²) in [5.41, 5.74) is 1.16. The van der Waals surface area contributed by atoms with Gasteiger partial charge in [-0.25, -0.2) is 0 Å². The van der Waals surface area contributed by atoms with E-state index in [-0.39, 0.29) is 6.10 Å². The molecule has 0 fully saturated rings. The van der Waals surface area contributed by atoms with E-state index in [1.807, 2.05) is 31.2 Å². The molecule has 0 aromatic heterocycles. The minimum Gasteiger partial charge on any atom is -0.393 e. The fourth-order valence-electron chi connectivity index (χ4n) is 1.59. The van der Waals surface area contributed by atoms with Gasteiger partial charge in [0.15, 0.2) is 0 Å². The highest BCUT2D eigenvalue weighted by Crippen LogP contribution is 2.18. The summed E-state index contributed by atoms with van der Waals surface area (Å²) in [7, 11) is 0. The first-order chi connectivity index (χ1) is 7.74. The van der Waals surface area contributed by atoms with Gasteiger partial charge in [-0.3, -0.25) is 0 Å². The molecule has 0 spiro atoms. The van der Waals surface area contributed by atoms with Crippen LogP contribution in [0.2, 0.25) is 0 Å². The molecule has 1 rings (SSSR count). The van der Waals surface area contributed by atoms with Crippen molar-refractivity contribution in [2.24, 2.45) is 0 Å². The zero-order valence-electron chi connectivity index (χ0n) is 9.66. The molecule has 1 aromatic carbocycles. The second-order valence-corrected chi connectivity index (χ2v) is 4.64. The Morgan fingerprint density at radius 1 is 1.38 bits per heavy atom. The van der Waals surface area contributed by atoms with Crippen LogP contribution in [-0.2, 0) is 11.2 Å². The molecule has 90 valence electrons. The average Bonchev–Trinajstić information content (AvgIpc) is 2.28. The predicted octanol–water partition coefficient (Wildman–Crippen LogP) is 3.17. The SMILES string of the molecule is CCOCCCC(O)Cc1ccccc1Br. The van der Waals surface area contributed by atoms with Gasteiger partial charge in [0, 0.05) is 17.7 Å². The normalized spacial score (nSPS) is 12.7. The van der Waals surface area contributed by atoms with Gasteiger partial charge in [0.1, 0.15) is 0 Å². The van der Waals surface area contributed by atoms with Crippen molar-refractivity contribution < 1.29 is 9.84 Å². The molecular weight excluding hydrogens is 268 g/mol. The number of aliphatic hydroxyl groups excluding tert-OH is 1. The van der Waals surface area contributed by atoms with Crippen molar-refractivity contribution in [1.82, 2.24) is 0 Å². The highest BCUT2D eigenvalue weighted by molar-refractivity contribution is 9.10. The maximum Gasteiger partial charge on any atom is 0.0581 e. The van der Waals surface area contributed by atoms with E-state index in [4.69, 9.17) is 4.74 Å².